The summed E-state index contributed by atoms with van der Waals surface area (Å²) in [6.07, 6.45) is 0.873. The zero-order valence-electron chi connectivity index (χ0n) is 19.9. The highest BCUT2D eigenvalue weighted by Crippen LogP contribution is 2.37. The second kappa shape index (κ2) is 10.2. The molecule has 0 unspecified atom stereocenters. The Kier molecular flexibility index (Phi) is 7.35. The predicted octanol–water partition coefficient (Wildman–Crippen LogP) is 2.97. The lowest BCUT2D eigenvalue weighted by Gasteiger charge is -2.40. The number of rotatable bonds is 8. The van der Waals surface area contributed by atoms with E-state index < -0.39 is 10.0 Å². The van der Waals surface area contributed by atoms with Crippen molar-refractivity contribution >= 4 is 33.1 Å². The summed E-state index contributed by atoms with van der Waals surface area (Å²) in [5, 5.41) is 9.73. The zero-order chi connectivity index (χ0) is 24.2. The van der Waals surface area contributed by atoms with E-state index in [0.717, 1.165) is 35.9 Å². The topological polar surface area (TPSA) is 99.7 Å². The number of hydrogen-bond donors (Lipinski definition) is 3. The van der Waals surface area contributed by atoms with Crippen LogP contribution in [0.2, 0.25) is 0 Å². The van der Waals surface area contributed by atoms with Crippen molar-refractivity contribution in [2.75, 3.05) is 50.3 Å². The lowest BCUT2D eigenvalue weighted by molar-refractivity contribution is 0.0987. The molecule has 0 aliphatic carbocycles. The summed E-state index contributed by atoms with van der Waals surface area (Å²) in [5.41, 5.74) is 3.89. The van der Waals surface area contributed by atoms with E-state index in [2.05, 4.69) is 20.9 Å². The number of quaternary nitrogens is 1. The molecular weight excluding hydrogens is 450 g/mol. The largest absolute Gasteiger partial charge is 0.354 e. The maximum Gasteiger partial charge on any atom is 0.301 e. The zero-order valence-corrected chi connectivity index (χ0v) is 20.7. The van der Waals surface area contributed by atoms with Crippen LogP contribution in [-0.4, -0.2) is 65.2 Å². The Hall–Kier alpha value is -2.75. The first-order valence-corrected chi connectivity index (χ1v) is 13.7. The summed E-state index contributed by atoms with van der Waals surface area (Å²) >= 11 is 0. The molecule has 2 aliphatic rings. The smallest absolute Gasteiger partial charge is 0.301 e. The fourth-order valence-corrected chi connectivity index (χ4v) is 6.75. The molecule has 0 bridgehead atoms. The van der Waals surface area contributed by atoms with E-state index in [1.807, 2.05) is 56.3 Å². The first kappa shape index (κ1) is 24.4. The fourth-order valence-electron chi connectivity index (χ4n) is 4.70. The second-order valence-corrected chi connectivity index (χ2v) is 11.0. The van der Waals surface area contributed by atoms with Gasteiger partial charge < -0.3 is 16.0 Å². The van der Waals surface area contributed by atoms with Gasteiger partial charge in [-0.3, -0.25) is 9.79 Å². The first-order valence-electron chi connectivity index (χ1n) is 12.0. The van der Waals surface area contributed by atoms with Gasteiger partial charge in [0.05, 0.1) is 12.1 Å². The van der Waals surface area contributed by atoms with Crippen LogP contribution in [0.5, 0.6) is 0 Å². The first-order chi connectivity index (χ1) is 16.4. The standard InChI is InChI=1S/C25H33N5O3S/c1-3-17-34(32,33)30(15-13-26-14-16-30)23-18-20(7-10-22(23)24(31)4-2)19-5-8-21(9-6-19)29-25-27-11-12-28-25/h5-10,18,26H,3-4,11-17H2,1-2H3,(H-,27,28,29,31)/p+1. The molecular formula is C25H34N5O3S+. The summed E-state index contributed by atoms with van der Waals surface area (Å²) in [7, 11) is -3.52. The summed E-state index contributed by atoms with van der Waals surface area (Å²) in [6, 6.07) is 13.6. The molecule has 2 aromatic carbocycles. The molecule has 2 aliphatic heterocycles. The molecule has 0 amide bonds. The summed E-state index contributed by atoms with van der Waals surface area (Å²) < 4.78 is 27.1. The maximum atomic E-state index is 13.6. The number of carbonyl (C=O) groups excluding carboxylic acids is 1. The van der Waals surface area contributed by atoms with Crippen LogP contribution in [0.3, 0.4) is 0 Å². The number of hydrogen-bond acceptors (Lipinski definition) is 7. The van der Waals surface area contributed by atoms with Gasteiger partial charge in [-0.1, -0.05) is 32.0 Å². The average molecular weight is 485 g/mol. The molecule has 8 nitrogen and oxygen atoms in total. The molecule has 0 atom stereocenters. The lowest BCUT2D eigenvalue weighted by Crippen LogP contribution is -2.63. The van der Waals surface area contributed by atoms with Gasteiger partial charge in [0.25, 0.3) is 0 Å². The van der Waals surface area contributed by atoms with Crippen molar-refractivity contribution in [1.29, 1.82) is 0 Å². The van der Waals surface area contributed by atoms with Crippen molar-refractivity contribution < 1.29 is 13.2 Å². The summed E-state index contributed by atoms with van der Waals surface area (Å²) in [5.74, 6) is 0.826. The highest BCUT2D eigenvalue weighted by Gasteiger charge is 2.46. The molecule has 2 heterocycles. The van der Waals surface area contributed by atoms with Crippen LogP contribution in [0.15, 0.2) is 47.5 Å². The Bertz CT molecular complexity index is 1170. The number of benzene rings is 2. The van der Waals surface area contributed by atoms with Crippen molar-refractivity contribution in [2.24, 2.45) is 4.99 Å². The number of anilines is 1. The van der Waals surface area contributed by atoms with Crippen molar-refractivity contribution in [3.63, 3.8) is 0 Å². The fraction of sp³-hybridized carbons (Fsp3) is 0.440. The van der Waals surface area contributed by atoms with Gasteiger partial charge >= 0.3 is 10.0 Å². The van der Waals surface area contributed by atoms with Gasteiger partial charge in [0.15, 0.2) is 17.4 Å². The van der Waals surface area contributed by atoms with Gasteiger partial charge in [-0.05, 0) is 35.7 Å². The monoisotopic (exact) mass is 484 g/mol. The third-order valence-electron chi connectivity index (χ3n) is 6.51. The Morgan fingerprint density at radius 1 is 1.03 bits per heavy atom. The van der Waals surface area contributed by atoms with E-state index in [4.69, 9.17) is 0 Å². The van der Waals surface area contributed by atoms with Crippen molar-refractivity contribution in [3.8, 4) is 11.1 Å². The Morgan fingerprint density at radius 3 is 2.35 bits per heavy atom. The van der Waals surface area contributed by atoms with Gasteiger partial charge in [-0.15, -0.1) is 0 Å². The number of Topliss-reactive ketones (excluding diaryl/α,β-unsaturated/α-hetero) is 1. The van der Waals surface area contributed by atoms with Crippen LogP contribution in [0, 0.1) is 0 Å². The highest BCUT2D eigenvalue weighted by molar-refractivity contribution is 7.90. The van der Waals surface area contributed by atoms with E-state index in [1.165, 1.54) is 0 Å². The average Bonchev–Trinajstić information content (AvgIpc) is 3.37. The Morgan fingerprint density at radius 2 is 1.74 bits per heavy atom. The number of piperazine rings is 1. The number of carbonyl (C=O) groups is 1. The van der Waals surface area contributed by atoms with E-state index >= 15 is 0 Å². The van der Waals surface area contributed by atoms with Gasteiger partial charge in [0.1, 0.15) is 18.8 Å². The van der Waals surface area contributed by atoms with Crippen LogP contribution in [0.25, 0.3) is 11.1 Å². The second-order valence-electron chi connectivity index (χ2n) is 8.74. The number of nitrogens with one attached hydrogen (secondary N) is 3. The van der Waals surface area contributed by atoms with Crippen molar-refractivity contribution in [1.82, 2.24) is 14.5 Å². The molecule has 0 spiro atoms. The molecule has 4 rings (SSSR count). The third kappa shape index (κ3) is 4.73. The Labute approximate surface area is 202 Å². The number of guanidine groups is 1. The molecule has 0 saturated carbocycles. The molecule has 0 aromatic heterocycles. The normalized spacial score (nSPS) is 17.6. The molecule has 9 heteroatoms. The minimum Gasteiger partial charge on any atom is -0.354 e. The van der Waals surface area contributed by atoms with Gasteiger partial charge in [0, 0.05) is 37.8 Å². The van der Waals surface area contributed by atoms with Crippen LogP contribution in [0.4, 0.5) is 11.4 Å². The van der Waals surface area contributed by atoms with E-state index in [1.54, 1.807) is 0 Å². The molecule has 1 fully saturated rings. The van der Waals surface area contributed by atoms with E-state index in [0.29, 0.717) is 50.3 Å². The minimum atomic E-state index is -3.52. The van der Waals surface area contributed by atoms with Crippen molar-refractivity contribution in [2.45, 2.75) is 26.7 Å². The molecule has 0 radical (unpaired) electrons. The SMILES string of the molecule is CCCS(=O)(=O)[N+]1(c2cc(-c3ccc(NC4=NCCN4)cc3)ccc2C(=O)CC)CCNCC1. The van der Waals surface area contributed by atoms with Crippen LogP contribution in [-0.2, 0) is 10.0 Å². The predicted molar refractivity (Wildman–Crippen MR) is 139 cm³/mol. The number of nitrogens with zero attached hydrogens (tertiary/aromatic N) is 2. The molecule has 1 saturated heterocycles. The van der Waals surface area contributed by atoms with Crippen LogP contribution in [0.1, 0.15) is 37.0 Å². The molecule has 2 aromatic rings. The number of aliphatic imine (C=N–C) groups is 1. The van der Waals surface area contributed by atoms with E-state index in [-0.39, 0.29) is 15.4 Å². The van der Waals surface area contributed by atoms with Gasteiger partial charge in [0.2, 0.25) is 0 Å². The minimum absolute atomic E-state index is 0.0336. The van der Waals surface area contributed by atoms with Gasteiger partial charge in [-0.25, -0.2) is 0 Å². The van der Waals surface area contributed by atoms with E-state index in [9.17, 15) is 13.2 Å². The number of ketones is 1. The molecule has 182 valence electrons. The lowest BCUT2D eigenvalue weighted by atomic mass is 9.98. The molecule has 34 heavy (non-hydrogen) atoms. The highest BCUT2D eigenvalue weighted by atomic mass is 32.2. The maximum absolute atomic E-state index is 13.6. The Balaban J connectivity index is 1.77. The molecule has 3 N–H and O–H groups in total. The van der Waals surface area contributed by atoms with Gasteiger partial charge in [-0.2, -0.15) is 12.3 Å². The van der Waals surface area contributed by atoms with Crippen LogP contribution < -0.4 is 19.8 Å². The number of sulfonamides is 1. The third-order valence-corrected chi connectivity index (χ3v) is 9.06. The van der Waals surface area contributed by atoms with Crippen LogP contribution >= 0.6 is 0 Å². The summed E-state index contributed by atoms with van der Waals surface area (Å²) in [6.45, 7) is 7.30. The van der Waals surface area contributed by atoms with Crippen molar-refractivity contribution in [3.05, 3.63) is 48.0 Å². The summed E-state index contributed by atoms with van der Waals surface area (Å²) in [4.78, 5) is 17.3. The quantitative estimate of drug-likeness (QED) is 0.394.